The molecule has 1 aromatic carbocycles. The van der Waals surface area contributed by atoms with Gasteiger partial charge in [0.15, 0.2) is 0 Å². The van der Waals surface area contributed by atoms with Gasteiger partial charge in [-0.2, -0.15) is 0 Å². The van der Waals surface area contributed by atoms with Gasteiger partial charge in [0.05, 0.1) is 24.8 Å². The third kappa shape index (κ3) is 3.72. The van der Waals surface area contributed by atoms with Crippen LogP contribution in [-0.2, 0) is 9.59 Å². The quantitative estimate of drug-likeness (QED) is 0.450. The number of furan rings is 1. The Bertz CT molecular complexity index is 1100. The second kappa shape index (κ2) is 8.19. The molecule has 0 N–H and O–H groups in total. The van der Waals surface area contributed by atoms with Gasteiger partial charge in [-0.1, -0.05) is 0 Å². The molecule has 6 heteroatoms. The normalized spacial score (nSPS) is 20.5. The number of carbonyl (C=O) groups excluding carboxylic acids is 2. The highest BCUT2D eigenvalue weighted by molar-refractivity contribution is 6.10. The van der Waals surface area contributed by atoms with Gasteiger partial charge in [0.2, 0.25) is 5.88 Å². The van der Waals surface area contributed by atoms with E-state index in [0.29, 0.717) is 25.3 Å². The zero-order chi connectivity index (χ0) is 20.5. The molecule has 2 aliphatic rings. The van der Waals surface area contributed by atoms with E-state index in [1.807, 2.05) is 24.3 Å². The first-order valence-electron chi connectivity index (χ1n) is 10.9. The number of ether oxygens (including phenoxy) is 1. The van der Waals surface area contributed by atoms with E-state index in [0.717, 1.165) is 40.4 Å². The van der Waals surface area contributed by atoms with E-state index < -0.39 is 0 Å². The highest BCUT2D eigenvalue weighted by atomic mass is 16.5. The van der Waals surface area contributed by atoms with Crippen molar-refractivity contribution in [1.82, 2.24) is 9.88 Å². The van der Waals surface area contributed by atoms with Crippen molar-refractivity contribution in [3.05, 3.63) is 36.1 Å². The van der Waals surface area contributed by atoms with Crippen molar-refractivity contribution in [2.24, 2.45) is 0 Å². The molecule has 1 aliphatic heterocycles. The van der Waals surface area contributed by atoms with Gasteiger partial charge in [-0.15, -0.1) is 0 Å². The van der Waals surface area contributed by atoms with E-state index in [2.05, 4.69) is 9.88 Å². The van der Waals surface area contributed by atoms with Crippen molar-refractivity contribution in [3.63, 3.8) is 0 Å². The second-order valence-corrected chi connectivity index (χ2v) is 8.37. The van der Waals surface area contributed by atoms with Gasteiger partial charge in [-0.3, -0.25) is 9.59 Å². The maximum absolute atomic E-state index is 12.5. The van der Waals surface area contributed by atoms with E-state index >= 15 is 0 Å². The fraction of sp³-hybridized carbons (Fsp3) is 0.458. The fourth-order valence-electron chi connectivity index (χ4n) is 4.76. The van der Waals surface area contributed by atoms with E-state index in [1.165, 1.54) is 25.9 Å². The van der Waals surface area contributed by atoms with Crippen LogP contribution in [0.3, 0.4) is 0 Å². The largest absolute Gasteiger partial charge is 0.478 e. The lowest BCUT2D eigenvalue weighted by atomic mass is 9.82. The maximum atomic E-state index is 12.5. The number of hydrogen-bond donors (Lipinski definition) is 0. The molecule has 3 heterocycles. The minimum Gasteiger partial charge on any atom is -0.478 e. The summed E-state index contributed by atoms with van der Waals surface area (Å²) in [6, 6.07) is 7.70. The molecule has 30 heavy (non-hydrogen) atoms. The van der Waals surface area contributed by atoms with Crippen LogP contribution < -0.4 is 4.74 Å². The number of aromatic nitrogens is 1. The zero-order valence-electron chi connectivity index (χ0n) is 17.1. The lowest BCUT2D eigenvalue weighted by Crippen LogP contribution is -2.23. The van der Waals surface area contributed by atoms with Crippen molar-refractivity contribution >= 4 is 33.4 Å². The molecule has 1 unspecified atom stereocenters. The van der Waals surface area contributed by atoms with Crippen molar-refractivity contribution in [2.45, 2.75) is 44.4 Å². The van der Waals surface area contributed by atoms with E-state index in [4.69, 9.17) is 9.15 Å². The number of fused-ring (bicyclic) bond motifs is 3. The van der Waals surface area contributed by atoms with Crippen LogP contribution in [-0.4, -0.2) is 47.7 Å². The van der Waals surface area contributed by atoms with E-state index in [9.17, 15) is 9.59 Å². The monoisotopic (exact) mass is 406 g/mol. The molecule has 5 rings (SSSR count). The van der Waals surface area contributed by atoms with Gasteiger partial charge in [0.1, 0.15) is 17.1 Å². The Morgan fingerprint density at radius 2 is 2.00 bits per heavy atom. The third-order valence-corrected chi connectivity index (χ3v) is 6.32. The number of benzene rings is 1. The van der Waals surface area contributed by atoms with Crippen LogP contribution >= 0.6 is 0 Å². The average molecular weight is 406 g/mol. The molecule has 0 bridgehead atoms. The van der Waals surface area contributed by atoms with E-state index in [-0.39, 0.29) is 23.9 Å². The van der Waals surface area contributed by atoms with Gasteiger partial charge in [0, 0.05) is 41.3 Å². The summed E-state index contributed by atoms with van der Waals surface area (Å²) in [6.45, 7) is 4.13. The third-order valence-electron chi connectivity index (χ3n) is 6.32. The number of carbonyl (C=O) groups is 2. The van der Waals surface area contributed by atoms with Crippen molar-refractivity contribution in [1.29, 1.82) is 0 Å². The summed E-state index contributed by atoms with van der Waals surface area (Å²) < 4.78 is 11.6. The molecule has 1 atom stereocenters. The molecule has 1 saturated carbocycles. The average Bonchev–Trinajstić information content (AvgIpc) is 3.41. The SMILES string of the molecule is O=C1CCC(c2coc3ccc4nc(OCCCN5CCCC5)ccc4c23)C(=O)C1. The van der Waals surface area contributed by atoms with Crippen LogP contribution in [0.15, 0.2) is 34.9 Å². The highest BCUT2D eigenvalue weighted by Crippen LogP contribution is 2.38. The molecular formula is C24H26N2O4. The Morgan fingerprint density at radius 1 is 1.13 bits per heavy atom. The predicted molar refractivity (Wildman–Crippen MR) is 114 cm³/mol. The first kappa shape index (κ1) is 19.2. The summed E-state index contributed by atoms with van der Waals surface area (Å²) >= 11 is 0. The van der Waals surface area contributed by atoms with Crippen LogP contribution in [0.4, 0.5) is 0 Å². The topological polar surface area (TPSA) is 72.6 Å². The van der Waals surface area contributed by atoms with Crippen LogP contribution in [0.2, 0.25) is 0 Å². The Hall–Kier alpha value is -2.73. The minimum absolute atomic E-state index is 0.0168. The minimum atomic E-state index is -0.281. The molecule has 0 radical (unpaired) electrons. The van der Waals surface area contributed by atoms with Crippen LogP contribution in [0.5, 0.6) is 5.88 Å². The number of rotatable bonds is 6. The van der Waals surface area contributed by atoms with Crippen LogP contribution in [0.25, 0.3) is 21.9 Å². The van der Waals surface area contributed by atoms with Crippen LogP contribution in [0, 0.1) is 0 Å². The summed E-state index contributed by atoms with van der Waals surface area (Å²) in [5.41, 5.74) is 2.43. The molecule has 3 aromatic rings. The molecule has 6 nitrogen and oxygen atoms in total. The van der Waals surface area contributed by atoms with Gasteiger partial charge >= 0.3 is 0 Å². The summed E-state index contributed by atoms with van der Waals surface area (Å²) in [4.78, 5) is 31.2. The predicted octanol–water partition coefficient (Wildman–Crippen LogP) is 4.25. The Labute approximate surface area is 175 Å². The van der Waals surface area contributed by atoms with Crippen LogP contribution in [0.1, 0.15) is 50.0 Å². The summed E-state index contributed by atoms with van der Waals surface area (Å²) in [5.74, 6) is 0.350. The molecule has 1 aliphatic carbocycles. The number of hydrogen-bond acceptors (Lipinski definition) is 6. The number of nitrogens with zero attached hydrogens (tertiary/aromatic N) is 2. The van der Waals surface area contributed by atoms with Gasteiger partial charge in [-0.25, -0.2) is 4.98 Å². The maximum Gasteiger partial charge on any atom is 0.213 e. The number of ketones is 2. The molecule has 2 fully saturated rings. The van der Waals surface area contributed by atoms with Gasteiger partial charge < -0.3 is 14.1 Å². The smallest absolute Gasteiger partial charge is 0.213 e. The summed E-state index contributed by atoms with van der Waals surface area (Å²) in [7, 11) is 0. The number of Topliss-reactive ketones (excluding diaryl/α,β-unsaturated/α-hetero) is 2. The molecule has 0 spiro atoms. The Balaban J connectivity index is 1.36. The summed E-state index contributed by atoms with van der Waals surface area (Å²) in [6.07, 6.45) is 6.30. The van der Waals surface area contributed by atoms with Gasteiger partial charge in [0.25, 0.3) is 0 Å². The lowest BCUT2D eigenvalue weighted by molar-refractivity contribution is -0.130. The summed E-state index contributed by atoms with van der Waals surface area (Å²) in [5, 5.41) is 1.87. The zero-order valence-corrected chi connectivity index (χ0v) is 17.1. The standard InChI is InChI=1S/C24H26N2O4/c27-16-4-5-17(21(28)14-16)19-15-30-22-8-7-20-18(24(19)22)6-9-23(25-20)29-13-3-12-26-10-1-2-11-26/h6-9,15,17H,1-5,10-14H2. The molecule has 156 valence electrons. The van der Waals surface area contributed by atoms with E-state index in [1.54, 1.807) is 6.26 Å². The first-order valence-corrected chi connectivity index (χ1v) is 10.9. The van der Waals surface area contributed by atoms with Crippen molar-refractivity contribution in [3.8, 4) is 5.88 Å². The van der Waals surface area contributed by atoms with Crippen molar-refractivity contribution < 1.29 is 18.7 Å². The molecule has 0 amide bonds. The highest BCUT2D eigenvalue weighted by Gasteiger charge is 2.31. The van der Waals surface area contributed by atoms with Gasteiger partial charge in [-0.05, 0) is 57.0 Å². The lowest BCUT2D eigenvalue weighted by Gasteiger charge is -2.19. The number of likely N-dealkylation sites (tertiary alicyclic amines) is 1. The number of pyridine rings is 1. The second-order valence-electron chi connectivity index (χ2n) is 8.37. The molecule has 2 aromatic heterocycles. The first-order chi connectivity index (χ1) is 14.7. The molecular weight excluding hydrogens is 380 g/mol. The molecule has 1 saturated heterocycles. The Morgan fingerprint density at radius 3 is 2.83 bits per heavy atom. The van der Waals surface area contributed by atoms with Crippen molar-refractivity contribution in [2.75, 3.05) is 26.2 Å². The Kier molecular flexibility index (Phi) is 5.25. The fourth-order valence-corrected chi connectivity index (χ4v) is 4.76.